The molecule has 1 fully saturated rings. The van der Waals surface area contributed by atoms with Gasteiger partial charge in [-0.05, 0) is 19.3 Å². The molecule has 1 aromatic heterocycles. The molecule has 1 unspecified atom stereocenters. The second-order valence-corrected chi connectivity index (χ2v) is 5.57. The van der Waals surface area contributed by atoms with Crippen molar-refractivity contribution in [1.82, 2.24) is 15.2 Å². The fourth-order valence-electron chi connectivity index (χ4n) is 2.06. The Morgan fingerprint density at radius 1 is 1.53 bits per heavy atom. The maximum Gasteiger partial charge on any atom is 0.244 e. The van der Waals surface area contributed by atoms with Crippen molar-refractivity contribution in [3.05, 3.63) is 5.82 Å². The van der Waals surface area contributed by atoms with Gasteiger partial charge >= 0.3 is 0 Å². The molecule has 0 aliphatic carbocycles. The van der Waals surface area contributed by atoms with Crippen molar-refractivity contribution < 1.29 is 0 Å². The first kappa shape index (κ1) is 12.4. The summed E-state index contributed by atoms with van der Waals surface area (Å²) in [7, 11) is 0. The molecule has 1 saturated heterocycles. The maximum absolute atomic E-state index is 5.97. The SMILES string of the molecule is CCC(C)(C)c1nc(N2CCCC(N)C2)n[nH]1. The van der Waals surface area contributed by atoms with Gasteiger partial charge in [-0.3, -0.25) is 5.10 Å². The van der Waals surface area contributed by atoms with Crippen LogP contribution in [0.15, 0.2) is 0 Å². The van der Waals surface area contributed by atoms with E-state index in [0.717, 1.165) is 44.1 Å². The summed E-state index contributed by atoms with van der Waals surface area (Å²) >= 11 is 0. The van der Waals surface area contributed by atoms with E-state index in [4.69, 9.17) is 5.73 Å². The van der Waals surface area contributed by atoms with Crippen LogP contribution in [-0.4, -0.2) is 34.3 Å². The molecule has 1 aliphatic rings. The molecule has 2 rings (SSSR count). The topological polar surface area (TPSA) is 70.8 Å². The molecule has 0 spiro atoms. The standard InChI is InChI=1S/C12H23N5/c1-4-12(2,3)10-14-11(16-15-10)17-7-5-6-9(13)8-17/h9H,4-8,13H2,1-3H3,(H,14,15,16). The molecule has 2 heterocycles. The molecule has 1 aliphatic heterocycles. The Morgan fingerprint density at radius 3 is 2.94 bits per heavy atom. The van der Waals surface area contributed by atoms with Crippen LogP contribution in [0.1, 0.15) is 45.9 Å². The molecule has 1 aromatic rings. The minimum atomic E-state index is 0.0587. The predicted octanol–water partition coefficient (Wildman–Crippen LogP) is 1.42. The molecular formula is C12H23N5. The van der Waals surface area contributed by atoms with E-state index >= 15 is 0 Å². The van der Waals surface area contributed by atoms with E-state index in [1.807, 2.05) is 0 Å². The first-order chi connectivity index (χ1) is 8.03. The minimum Gasteiger partial charge on any atom is -0.338 e. The van der Waals surface area contributed by atoms with Gasteiger partial charge in [0.05, 0.1) is 0 Å². The van der Waals surface area contributed by atoms with Gasteiger partial charge in [-0.1, -0.05) is 20.8 Å². The third-order valence-corrected chi connectivity index (χ3v) is 3.74. The van der Waals surface area contributed by atoms with Crippen LogP contribution < -0.4 is 10.6 Å². The van der Waals surface area contributed by atoms with Gasteiger partial charge in [-0.25, -0.2) is 0 Å². The van der Waals surface area contributed by atoms with Crippen LogP contribution >= 0.6 is 0 Å². The number of piperidine rings is 1. The van der Waals surface area contributed by atoms with Crippen molar-refractivity contribution >= 4 is 5.95 Å². The number of nitrogens with one attached hydrogen (secondary N) is 1. The first-order valence-corrected chi connectivity index (χ1v) is 6.46. The molecule has 5 heteroatoms. The summed E-state index contributed by atoms with van der Waals surface area (Å²) in [4.78, 5) is 6.80. The number of hydrogen-bond donors (Lipinski definition) is 2. The Morgan fingerprint density at radius 2 is 2.29 bits per heavy atom. The Bertz CT molecular complexity index is 371. The molecule has 1 atom stereocenters. The lowest BCUT2D eigenvalue weighted by Gasteiger charge is -2.29. The van der Waals surface area contributed by atoms with Gasteiger partial charge in [0, 0.05) is 24.5 Å². The van der Waals surface area contributed by atoms with Crippen molar-refractivity contribution in [3.8, 4) is 0 Å². The Balaban J connectivity index is 2.12. The third-order valence-electron chi connectivity index (χ3n) is 3.74. The molecule has 3 N–H and O–H groups in total. The molecule has 0 aromatic carbocycles. The largest absolute Gasteiger partial charge is 0.338 e. The lowest BCUT2D eigenvalue weighted by atomic mass is 9.90. The second-order valence-electron chi connectivity index (χ2n) is 5.57. The Hall–Kier alpha value is -1.10. The number of nitrogens with zero attached hydrogens (tertiary/aromatic N) is 3. The number of aromatic amines is 1. The summed E-state index contributed by atoms with van der Waals surface area (Å²) in [5.41, 5.74) is 6.03. The molecule has 5 nitrogen and oxygen atoms in total. The van der Waals surface area contributed by atoms with E-state index in [1.165, 1.54) is 0 Å². The molecule has 96 valence electrons. The van der Waals surface area contributed by atoms with Crippen LogP contribution in [-0.2, 0) is 5.41 Å². The van der Waals surface area contributed by atoms with Crippen LogP contribution in [0.4, 0.5) is 5.95 Å². The molecule has 0 saturated carbocycles. The number of rotatable bonds is 3. The lowest BCUT2D eigenvalue weighted by Crippen LogP contribution is -2.43. The van der Waals surface area contributed by atoms with E-state index in [0.29, 0.717) is 0 Å². The monoisotopic (exact) mass is 237 g/mol. The number of H-pyrrole nitrogens is 1. The van der Waals surface area contributed by atoms with Crippen LogP contribution in [0, 0.1) is 0 Å². The van der Waals surface area contributed by atoms with Gasteiger partial charge in [0.25, 0.3) is 0 Å². The lowest BCUT2D eigenvalue weighted by molar-refractivity contribution is 0.473. The fourth-order valence-corrected chi connectivity index (χ4v) is 2.06. The van der Waals surface area contributed by atoms with Gasteiger partial charge in [0.1, 0.15) is 5.82 Å². The van der Waals surface area contributed by atoms with Crippen LogP contribution in [0.5, 0.6) is 0 Å². The maximum atomic E-state index is 5.97. The second kappa shape index (κ2) is 4.64. The van der Waals surface area contributed by atoms with E-state index < -0.39 is 0 Å². The highest BCUT2D eigenvalue weighted by Crippen LogP contribution is 2.25. The zero-order valence-corrected chi connectivity index (χ0v) is 11.0. The van der Waals surface area contributed by atoms with E-state index in [-0.39, 0.29) is 11.5 Å². The summed E-state index contributed by atoms with van der Waals surface area (Å²) in [5, 5.41) is 7.39. The van der Waals surface area contributed by atoms with Gasteiger partial charge < -0.3 is 10.6 Å². The van der Waals surface area contributed by atoms with Gasteiger partial charge in [-0.15, -0.1) is 5.10 Å². The number of anilines is 1. The number of aromatic nitrogens is 3. The molecular weight excluding hydrogens is 214 g/mol. The molecule has 0 bridgehead atoms. The quantitative estimate of drug-likeness (QED) is 0.834. The highest BCUT2D eigenvalue weighted by Gasteiger charge is 2.25. The third kappa shape index (κ3) is 2.60. The zero-order valence-electron chi connectivity index (χ0n) is 11.0. The van der Waals surface area contributed by atoms with Crippen LogP contribution in [0.3, 0.4) is 0 Å². The summed E-state index contributed by atoms with van der Waals surface area (Å²) in [6.07, 6.45) is 3.28. The van der Waals surface area contributed by atoms with Crippen molar-refractivity contribution in [2.75, 3.05) is 18.0 Å². The normalized spacial score (nSPS) is 21.9. The average Bonchev–Trinajstić information content (AvgIpc) is 2.79. The minimum absolute atomic E-state index is 0.0587. The van der Waals surface area contributed by atoms with Crippen molar-refractivity contribution in [2.45, 2.75) is 51.5 Å². The molecule has 0 amide bonds. The fraction of sp³-hybridized carbons (Fsp3) is 0.833. The highest BCUT2D eigenvalue weighted by atomic mass is 15.4. The summed E-state index contributed by atoms with van der Waals surface area (Å²) in [6.45, 7) is 8.40. The predicted molar refractivity (Wildman–Crippen MR) is 69.1 cm³/mol. The summed E-state index contributed by atoms with van der Waals surface area (Å²) in [6, 6.07) is 0.255. The van der Waals surface area contributed by atoms with Crippen LogP contribution in [0.25, 0.3) is 0 Å². The zero-order chi connectivity index (χ0) is 12.5. The number of hydrogen-bond acceptors (Lipinski definition) is 4. The average molecular weight is 237 g/mol. The van der Waals surface area contributed by atoms with Crippen LogP contribution in [0.2, 0.25) is 0 Å². The molecule has 17 heavy (non-hydrogen) atoms. The highest BCUT2D eigenvalue weighted by molar-refractivity contribution is 5.31. The van der Waals surface area contributed by atoms with Gasteiger partial charge in [0.2, 0.25) is 5.95 Å². The van der Waals surface area contributed by atoms with E-state index in [1.54, 1.807) is 0 Å². The summed E-state index contributed by atoms with van der Waals surface area (Å²) < 4.78 is 0. The van der Waals surface area contributed by atoms with Gasteiger partial charge in [0.15, 0.2) is 0 Å². The smallest absolute Gasteiger partial charge is 0.244 e. The van der Waals surface area contributed by atoms with Crippen molar-refractivity contribution in [3.63, 3.8) is 0 Å². The van der Waals surface area contributed by atoms with E-state index in [9.17, 15) is 0 Å². The molecule has 0 radical (unpaired) electrons. The van der Waals surface area contributed by atoms with Crippen molar-refractivity contribution in [1.29, 1.82) is 0 Å². The van der Waals surface area contributed by atoms with Crippen molar-refractivity contribution in [2.24, 2.45) is 5.73 Å². The summed E-state index contributed by atoms with van der Waals surface area (Å²) in [5.74, 6) is 1.77. The van der Waals surface area contributed by atoms with Gasteiger partial charge in [-0.2, -0.15) is 4.98 Å². The Labute approximate surface area is 103 Å². The Kier molecular flexibility index (Phi) is 3.38. The first-order valence-electron chi connectivity index (χ1n) is 6.46. The number of nitrogens with two attached hydrogens (primary N) is 1. The van der Waals surface area contributed by atoms with E-state index in [2.05, 4.69) is 40.9 Å².